The van der Waals surface area contributed by atoms with Gasteiger partial charge in [-0.2, -0.15) is 0 Å². The Morgan fingerprint density at radius 2 is 1.93 bits per heavy atom. The molecule has 0 atom stereocenters. The van der Waals surface area contributed by atoms with Crippen molar-refractivity contribution in [2.45, 2.75) is 26.2 Å². The third-order valence-electron chi connectivity index (χ3n) is 4.19. The lowest BCUT2D eigenvalue weighted by Crippen LogP contribution is -2.19. The molecule has 0 aliphatic carbocycles. The minimum absolute atomic E-state index is 0.173. The minimum atomic E-state index is -0.389. The van der Waals surface area contributed by atoms with E-state index in [1.54, 1.807) is 18.5 Å². The molecule has 0 saturated carbocycles. The molecule has 3 heterocycles. The van der Waals surface area contributed by atoms with E-state index in [2.05, 4.69) is 25.8 Å². The maximum Gasteiger partial charge on any atom is 0.324 e. The molecule has 142 valence electrons. The van der Waals surface area contributed by atoms with Gasteiger partial charge in [0.05, 0.1) is 11.9 Å². The molecule has 4 rings (SSSR count). The summed E-state index contributed by atoms with van der Waals surface area (Å²) in [5.41, 5.74) is 3.04. The van der Waals surface area contributed by atoms with Gasteiger partial charge in [0.1, 0.15) is 5.76 Å². The summed E-state index contributed by atoms with van der Waals surface area (Å²) in [6.07, 6.45) is 7.20. The Morgan fingerprint density at radius 1 is 1.14 bits per heavy atom. The number of hydrogen-bond acceptors (Lipinski definition) is 5. The Balaban J connectivity index is 1.42. The summed E-state index contributed by atoms with van der Waals surface area (Å²) in [7, 11) is 0. The van der Waals surface area contributed by atoms with Crippen LogP contribution in [0.15, 0.2) is 59.6 Å². The van der Waals surface area contributed by atoms with E-state index in [9.17, 15) is 4.79 Å². The maximum atomic E-state index is 12.2. The summed E-state index contributed by atoms with van der Waals surface area (Å²) in [5.74, 6) is 1.08. The van der Waals surface area contributed by atoms with E-state index in [1.165, 1.54) is 0 Å². The van der Waals surface area contributed by atoms with E-state index in [-0.39, 0.29) is 11.4 Å². The highest BCUT2D eigenvalue weighted by Gasteiger charge is 2.20. The summed E-state index contributed by atoms with van der Waals surface area (Å²) in [4.78, 5) is 20.8. The molecule has 8 nitrogen and oxygen atoms in total. The molecule has 0 bridgehead atoms. The number of nitrogens with zero attached hydrogens (tertiary/aromatic N) is 4. The van der Waals surface area contributed by atoms with Crippen LogP contribution in [0.5, 0.6) is 0 Å². The average Bonchev–Trinajstić information content (AvgIpc) is 3.28. The summed E-state index contributed by atoms with van der Waals surface area (Å²) >= 11 is 0. The van der Waals surface area contributed by atoms with Crippen LogP contribution in [-0.2, 0) is 5.41 Å². The van der Waals surface area contributed by atoms with Crippen molar-refractivity contribution >= 4 is 23.2 Å². The number of imidazole rings is 1. The second kappa shape index (κ2) is 6.80. The molecule has 2 N–H and O–H groups in total. The Hall–Kier alpha value is -3.68. The molecule has 1 aromatic carbocycles. The highest BCUT2D eigenvalue weighted by Crippen LogP contribution is 2.25. The lowest BCUT2D eigenvalue weighted by Gasteiger charge is -2.12. The topological polar surface area (TPSA) is 97.4 Å². The number of anilines is 2. The van der Waals surface area contributed by atoms with Crippen molar-refractivity contribution in [1.82, 2.24) is 19.5 Å². The number of aromatic nitrogens is 4. The third kappa shape index (κ3) is 3.71. The van der Waals surface area contributed by atoms with E-state index in [0.29, 0.717) is 17.3 Å². The molecule has 2 amide bonds. The molecule has 28 heavy (non-hydrogen) atoms. The summed E-state index contributed by atoms with van der Waals surface area (Å²) in [6, 6.07) is 8.78. The van der Waals surface area contributed by atoms with Crippen molar-refractivity contribution in [3.63, 3.8) is 0 Å². The van der Waals surface area contributed by atoms with Gasteiger partial charge in [-0.15, -0.1) is 0 Å². The fourth-order valence-electron chi connectivity index (χ4n) is 2.67. The predicted molar refractivity (Wildman–Crippen MR) is 106 cm³/mol. The van der Waals surface area contributed by atoms with Crippen molar-refractivity contribution < 1.29 is 9.32 Å². The smallest absolute Gasteiger partial charge is 0.324 e. The van der Waals surface area contributed by atoms with Crippen LogP contribution in [0, 0.1) is 0 Å². The van der Waals surface area contributed by atoms with Crippen molar-refractivity contribution in [2.24, 2.45) is 0 Å². The normalized spacial score (nSPS) is 11.5. The second-order valence-electron chi connectivity index (χ2n) is 7.45. The second-order valence-corrected chi connectivity index (χ2v) is 7.45. The summed E-state index contributed by atoms with van der Waals surface area (Å²) in [5, 5.41) is 9.32. The molecule has 0 aliphatic rings. The van der Waals surface area contributed by atoms with Gasteiger partial charge in [0.15, 0.2) is 11.5 Å². The van der Waals surface area contributed by atoms with Crippen LogP contribution in [-0.4, -0.2) is 25.6 Å². The van der Waals surface area contributed by atoms with Crippen LogP contribution in [0.1, 0.15) is 26.5 Å². The largest absolute Gasteiger partial charge is 0.359 e. The van der Waals surface area contributed by atoms with Crippen LogP contribution >= 0.6 is 0 Å². The van der Waals surface area contributed by atoms with E-state index in [4.69, 9.17) is 4.52 Å². The standard InChI is InChI=1S/C20H20N6O2/c1-20(2,3)16-10-17(25-28-16)24-19(27)22-14-6-4-13(5-7-14)15-12-26-9-8-21-11-18(26)23-15/h4-12H,1-3H3,(H2,22,24,25,27). The Morgan fingerprint density at radius 3 is 2.61 bits per heavy atom. The van der Waals surface area contributed by atoms with Crippen molar-refractivity contribution in [3.05, 3.63) is 60.9 Å². The third-order valence-corrected chi connectivity index (χ3v) is 4.19. The van der Waals surface area contributed by atoms with Gasteiger partial charge in [-0.25, -0.2) is 9.78 Å². The van der Waals surface area contributed by atoms with Gasteiger partial charge in [-0.1, -0.05) is 38.1 Å². The number of carbonyl (C=O) groups excluding carboxylic acids is 1. The van der Waals surface area contributed by atoms with Gasteiger partial charge in [-0.3, -0.25) is 10.3 Å². The van der Waals surface area contributed by atoms with Crippen LogP contribution in [0.2, 0.25) is 0 Å². The number of carbonyl (C=O) groups is 1. The van der Waals surface area contributed by atoms with Gasteiger partial charge in [-0.05, 0) is 12.1 Å². The van der Waals surface area contributed by atoms with Crippen molar-refractivity contribution in [3.8, 4) is 11.3 Å². The number of hydrogen-bond donors (Lipinski definition) is 2. The fourth-order valence-corrected chi connectivity index (χ4v) is 2.67. The first-order valence-electron chi connectivity index (χ1n) is 8.83. The van der Waals surface area contributed by atoms with E-state index in [1.807, 2.05) is 61.8 Å². The van der Waals surface area contributed by atoms with Crippen LogP contribution in [0.4, 0.5) is 16.3 Å². The van der Waals surface area contributed by atoms with E-state index in [0.717, 1.165) is 16.9 Å². The number of amides is 2. The first-order valence-corrected chi connectivity index (χ1v) is 8.83. The van der Waals surface area contributed by atoms with Crippen molar-refractivity contribution in [2.75, 3.05) is 10.6 Å². The SMILES string of the molecule is CC(C)(C)c1cc(NC(=O)Nc2ccc(-c3cn4ccncc4n3)cc2)no1. The van der Waals surface area contributed by atoms with Gasteiger partial charge < -0.3 is 14.2 Å². The molecule has 0 radical (unpaired) electrons. The lowest BCUT2D eigenvalue weighted by molar-refractivity contribution is 0.262. The summed E-state index contributed by atoms with van der Waals surface area (Å²) < 4.78 is 7.17. The molecule has 0 saturated heterocycles. The fraction of sp³-hybridized carbons (Fsp3) is 0.200. The Kier molecular flexibility index (Phi) is 4.31. The molecule has 0 spiro atoms. The number of benzene rings is 1. The van der Waals surface area contributed by atoms with Crippen LogP contribution in [0.3, 0.4) is 0 Å². The maximum absolute atomic E-state index is 12.2. The molecular formula is C20H20N6O2. The molecule has 8 heteroatoms. The molecule has 0 unspecified atom stereocenters. The summed E-state index contributed by atoms with van der Waals surface area (Å²) in [6.45, 7) is 6.04. The lowest BCUT2D eigenvalue weighted by atomic mass is 9.93. The molecule has 0 aliphatic heterocycles. The zero-order chi connectivity index (χ0) is 19.7. The first kappa shape index (κ1) is 17.7. The van der Waals surface area contributed by atoms with Gasteiger partial charge in [0.2, 0.25) is 0 Å². The zero-order valence-corrected chi connectivity index (χ0v) is 15.8. The average molecular weight is 376 g/mol. The van der Waals surface area contributed by atoms with Gasteiger partial charge in [0.25, 0.3) is 0 Å². The number of fused-ring (bicyclic) bond motifs is 1. The van der Waals surface area contributed by atoms with Gasteiger partial charge >= 0.3 is 6.03 Å². The number of urea groups is 1. The van der Waals surface area contributed by atoms with Crippen LogP contribution < -0.4 is 10.6 Å². The predicted octanol–water partition coefficient (Wildman–Crippen LogP) is 4.33. The Labute approximate surface area is 161 Å². The molecule has 3 aromatic heterocycles. The molecule has 0 fully saturated rings. The quantitative estimate of drug-likeness (QED) is 0.555. The Bertz CT molecular complexity index is 1090. The monoisotopic (exact) mass is 376 g/mol. The zero-order valence-electron chi connectivity index (χ0n) is 15.8. The van der Waals surface area contributed by atoms with Crippen LogP contribution in [0.25, 0.3) is 16.9 Å². The van der Waals surface area contributed by atoms with E-state index >= 15 is 0 Å². The molecular weight excluding hydrogens is 356 g/mol. The van der Waals surface area contributed by atoms with E-state index < -0.39 is 0 Å². The number of rotatable bonds is 3. The highest BCUT2D eigenvalue weighted by molar-refractivity contribution is 5.99. The number of nitrogens with one attached hydrogen (secondary N) is 2. The highest BCUT2D eigenvalue weighted by atomic mass is 16.5. The van der Waals surface area contributed by atoms with Gasteiger partial charge in [0, 0.05) is 41.3 Å². The minimum Gasteiger partial charge on any atom is -0.359 e. The first-order chi connectivity index (χ1) is 13.4. The molecule has 4 aromatic rings. The van der Waals surface area contributed by atoms with Crippen molar-refractivity contribution in [1.29, 1.82) is 0 Å².